The molecule has 31 heavy (non-hydrogen) atoms. The number of rotatable bonds is 5. The number of benzene rings is 2. The smallest absolute Gasteiger partial charge is 0.242 e. The minimum absolute atomic E-state index is 0.0261. The summed E-state index contributed by atoms with van der Waals surface area (Å²) in [6, 6.07) is 13.7. The van der Waals surface area contributed by atoms with Gasteiger partial charge in [0.25, 0.3) is 0 Å². The largest absolute Gasteiger partial charge is 0.434 e. The quantitative estimate of drug-likeness (QED) is 0.432. The van der Waals surface area contributed by atoms with Gasteiger partial charge >= 0.3 is 0 Å². The predicted octanol–water partition coefficient (Wildman–Crippen LogP) is 4.77. The lowest BCUT2D eigenvalue weighted by molar-refractivity contribution is -0.114. The first-order valence-electron chi connectivity index (χ1n) is 9.30. The van der Waals surface area contributed by atoms with E-state index in [4.69, 9.17) is 4.74 Å². The van der Waals surface area contributed by atoms with Crippen LogP contribution < -0.4 is 15.4 Å². The number of halogens is 1. The van der Waals surface area contributed by atoms with Gasteiger partial charge in [0.1, 0.15) is 12.4 Å². The zero-order chi connectivity index (χ0) is 22.0. The summed E-state index contributed by atoms with van der Waals surface area (Å²) in [7, 11) is 0. The van der Waals surface area contributed by atoms with Crippen LogP contribution in [0.2, 0.25) is 0 Å². The fourth-order valence-electron chi connectivity index (χ4n) is 3.09. The van der Waals surface area contributed by atoms with E-state index >= 15 is 0 Å². The number of carbonyl (C=O) groups excluding carboxylic acids is 1. The molecule has 154 valence electrons. The second-order valence-electron chi connectivity index (χ2n) is 6.79. The number of nitrogens with one attached hydrogen (secondary N) is 3. The van der Waals surface area contributed by atoms with E-state index in [1.54, 1.807) is 36.4 Å². The number of aromatic amines is 1. The maximum atomic E-state index is 14.9. The predicted molar refractivity (Wildman–Crippen MR) is 114 cm³/mol. The maximum absolute atomic E-state index is 14.9. The Morgan fingerprint density at radius 1 is 1.16 bits per heavy atom. The van der Waals surface area contributed by atoms with Crippen molar-refractivity contribution in [3.8, 4) is 17.7 Å². The number of carbonyl (C=O) groups is 1. The summed E-state index contributed by atoms with van der Waals surface area (Å²) < 4.78 is 20.5. The zero-order valence-corrected chi connectivity index (χ0v) is 16.7. The van der Waals surface area contributed by atoms with Crippen molar-refractivity contribution in [2.45, 2.75) is 13.8 Å². The summed E-state index contributed by atoms with van der Waals surface area (Å²) in [4.78, 5) is 22.3. The van der Waals surface area contributed by atoms with Gasteiger partial charge < -0.3 is 20.4 Å². The Bertz CT molecular complexity index is 1320. The maximum Gasteiger partial charge on any atom is 0.242 e. The first-order chi connectivity index (χ1) is 14.9. The van der Waals surface area contributed by atoms with Crippen molar-refractivity contribution in [3.05, 3.63) is 65.9 Å². The first kappa shape index (κ1) is 19.8. The van der Waals surface area contributed by atoms with Crippen molar-refractivity contribution < 1.29 is 13.9 Å². The number of amides is 1. The van der Waals surface area contributed by atoms with Crippen LogP contribution in [0.3, 0.4) is 0 Å². The summed E-state index contributed by atoms with van der Waals surface area (Å²) in [6.45, 7) is 3.25. The molecule has 0 fully saturated rings. The molecule has 4 rings (SSSR count). The second kappa shape index (κ2) is 8.12. The minimum Gasteiger partial charge on any atom is -0.434 e. The summed E-state index contributed by atoms with van der Waals surface area (Å²) in [5, 5.41) is 15.7. The number of aromatic nitrogens is 3. The highest BCUT2D eigenvalue weighted by Crippen LogP contribution is 2.33. The number of fused-ring (bicyclic) bond motifs is 1. The van der Waals surface area contributed by atoms with Crippen molar-refractivity contribution in [3.63, 3.8) is 0 Å². The van der Waals surface area contributed by atoms with Crippen LogP contribution in [0.5, 0.6) is 11.6 Å². The molecule has 4 aromatic rings. The van der Waals surface area contributed by atoms with E-state index in [2.05, 4.69) is 25.6 Å². The number of hydrogen-bond acceptors (Lipinski definition) is 6. The normalized spacial score (nSPS) is 10.5. The van der Waals surface area contributed by atoms with Gasteiger partial charge in [-0.05, 0) is 49.4 Å². The third-order valence-electron chi connectivity index (χ3n) is 4.44. The zero-order valence-electron chi connectivity index (χ0n) is 16.7. The molecule has 2 heterocycles. The molecular weight excluding hydrogens is 399 g/mol. The SMILES string of the molecule is CC(=O)Nc1ccc(Nc2ncnc(Oc3ccc4[nH]c(C)cc4c3F)c2C#N)cc1. The minimum atomic E-state index is -0.549. The highest BCUT2D eigenvalue weighted by molar-refractivity contribution is 5.89. The van der Waals surface area contributed by atoms with Crippen LogP contribution in [0, 0.1) is 24.1 Å². The van der Waals surface area contributed by atoms with Gasteiger partial charge in [0.05, 0.1) is 0 Å². The average molecular weight is 416 g/mol. The number of ether oxygens (including phenoxy) is 1. The molecule has 2 aromatic heterocycles. The number of anilines is 3. The van der Waals surface area contributed by atoms with Crippen LogP contribution in [-0.4, -0.2) is 20.9 Å². The van der Waals surface area contributed by atoms with Crippen molar-refractivity contribution in [2.75, 3.05) is 10.6 Å². The van der Waals surface area contributed by atoms with E-state index in [0.29, 0.717) is 22.3 Å². The van der Waals surface area contributed by atoms with E-state index in [1.165, 1.54) is 19.3 Å². The van der Waals surface area contributed by atoms with E-state index in [9.17, 15) is 14.4 Å². The number of nitriles is 1. The Morgan fingerprint density at radius 2 is 1.90 bits per heavy atom. The molecule has 0 saturated heterocycles. The molecule has 2 aromatic carbocycles. The molecule has 3 N–H and O–H groups in total. The Morgan fingerprint density at radius 3 is 2.61 bits per heavy atom. The van der Waals surface area contributed by atoms with Crippen LogP contribution in [0.15, 0.2) is 48.8 Å². The van der Waals surface area contributed by atoms with E-state index in [0.717, 1.165) is 5.69 Å². The molecule has 0 aliphatic heterocycles. The van der Waals surface area contributed by atoms with Crippen molar-refractivity contribution >= 4 is 34.0 Å². The molecule has 0 aliphatic carbocycles. The van der Waals surface area contributed by atoms with E-state index in [1.807, 2.05) is 13.0 Å². The molecule has 0 saturated carbocycles. The van der Waals surface area contributed by atoms with E-state index < -0.39 is 5.82 Å². The van der Waals surface area contributed by atoms with Crippen molar-refractivity contribution in [1.29, 1.82) is 5.26 Å². The highest BCUT2D eigenvalue weighted by Gasteiger charge is 2.17. The molecule has 8 nitrogen and oxygen atoms in total. The van der Waals surface area contributed by atoms with Crippen LogP contribution in [0.4, 0.5) is 21.6 Å². The van der Waals surface area contributed by atoms with Crippen molar-refractivity contribution in [1.82, 2.24) is 15.0 Å². The summed E-state index contributed by atoms with van der Waals surface area (Å²) in [5.74, 6) is -0.635. The Hall–Kier alpha value is -4.45. The fourth-order valence-corrected chi connectivity index (χ4v) is 3.09. The second-order valence-corrected chi connectivity index (χ2v) is 6.79. The van der Waals surface area contributed by atoms with Gasteiger partial charge in [-0.25, -0.2) is 14.4 Å². The molecular formula is C22H17FN6O2. The summed E-state index contributed by atoms with van der Waals surface area (Å²) >= 11 is 0. The summed E-state index contributed by atoms with van der Waals surface area (Å²) in [5.41, 5.74) is 2.76. The van der Waals surface area contributed by atoms with Gasteiger partial charge in [-0.2, -0.15) is 5.26 Å². The number of nitrogens with zero attached hydrogens (tertiary/aromatic N) is 3. The van der Waals surface area contributed by atoms with Gasteiger partial charge in [0.2, 0.25) is 11.8 Å². The van der Waals surface area contributed by atoms with Gasteiger partial charge in [0.15, 0.2) is 22.9 Å². The van der Waals surface area contributed by atoms with E-state index in [-0.39, 0.29) is 28.9 Å². The average Bonchev–Trinajstić information content (AvgIpc) is 3.13. The lowest BCUT2D eigenvalue weighted by atomic mass is 10.2. The van der Waals surface area contributed by atoms with Crippen LogP contribution >= 0.6 is 0 Å². The molecule has 1 amide bonds. The molecule has 0 bridgehead atoms. The number of aryl methyl sites for hydroxylation is 1. The topological polar surface area (TPSA) is 116 Å². The Labute approximate surface area is 176 Å². The van der Waals surface area contributed by atoms with Crippen molar-refractivity contribution in [2.24, 2.45) is 0 Å². The lowest BCUT2D eigenvalue weighted by Crippen LogP contribution is -2.05. The molecule has 0 unspecified atom stereocenters. The van der Waals surface area contributed by atoms with Gasteiger partial charge in [0, 0.05) is 34.9 Å². The number of H-pyrrole nitrogens is 1. The Balaban J connectivity index is 1.62. The molecule has 0 aliphatic rings. The third kappa shape index (κ3) is 4.13. The standard InChI is InChI=1S/C22H17FN6O2/c1-12-9-16-18(27-12)7-8-19(20(16)23)31-22-17(10-24)21(25-11-26-22)29-15-5-3-14(4-6-15)28-13(2)30/h3-9,11,27H,1-2H3,(H,28,30)(H,25,26,29). The van der Waals surface area contributed by atoms with Gasteiger partial charge in [-0.1, -0.05) is 0 Å². The van der Waals surface area contributed by atoms with Crippen LogP contribution in [0.1, 0.15) is 18.2 Å². The first-order valence-corrected chi connectivity index (χ1v) is 9.30. The molecule has 0 radical (unpaired) electrons. The summed E-state index contributed by atoms with van der Waals surface area (Å²) in [6.07, 6.45) is 1.22. The Kier molecular flexibility index (Phi) is 5.20. The molecule has 0 spiro atoms. The molecule has 0 atom stereocenters. The van der Waals surface area contributed by atoms with Crippen LogP contribution in [-0.2, 0) is 4.79 Å². The molecule has 9 heteroatoms. The lowest BCUT2D eigenvalue weighted by Gasteiger charge is -2.12. The fraction of sp³-hybridized carbons (Fsp3) is 0.0909. The number of hydrogen-bond donors (Lipinski definition) is 3. The van der Waals surface area contributed by atoms with Crippen LogP contribution in [0.25, 0.3) is 10.9 Å². The van der Waals surface area contributed by atoms with Gasteiger partial charge in [-0.3, -0.25) is 4.79 Å². The highest BCUT2D eigenvalue weighted by atomic mass is 19.1. The third-order valence-corrected chi connectivity index (χ3v) is 4.44. The monoisotopic (exact) mass is 416 g/mol. The van der Waals surface area contributed by atoms with Gasteiger partial charge in [-0.15, -0.1) is 0 Å².